The zero-order valence-corrected chi connectivity index (χ0v) is 9.78. The van der Waals surface area contributed by atoms with Crippen LogP contribution in [0.4, 0.5) is 0 Å². The van der Waals surface area contributed by atoms with E-state index in [1.807, 2.05) is 6.07 Å². The molecule has 0 saturated heterocycles. The van der Waals surface area contributed by atoms with Gasteiger partial charge in [0.05, 0.1) is 13.1 Å². The Kier molecular flexibility index (Phi) is 3.79. The van der Waals surface area contributed by atoms with Crippen LogP contribution in [0.15, 0.2) is 24.3 Å². The van der Waals surface area contributed by atoms with Gasteiger partial charge in [0.2, 0.25) is 5.91 Å². The molecule has 0 bridgehead atoms. The quantitative estimate of drug-likeness (QED) is 0.776. The molecule has 1 amide bonds. The van der Waals surface area contributed by atoms with E-state index in [4.69, 9.17) is 6.42 Å². The Hall–Kier alpha value is -1.79. The molecule has 0 atom stereocenters. The molecule has 17 heavy (non-hydrogen) atoms. The van der Waals surface area contributed by atoms with Crippen molar-refractivity contribution in [3.63, 3.8) is 0 Å². The highest BCUT2D eigenvalue weighted by molar-refractivity contribution is 5.78. The smallest absolute Gasteiger partial charge is 0.234 e. The first-order chi connectivity index (χ1) is 8.29. The number of carbonyl (C=O) groups is 1. The molecular formula is C14H16N2O. The number of amides is 1. The molecule has 3 nitrogen and oxygen atoms in total. The molecule has 1 aromatic carbocycles. The number of hydrogen-bond acceptors (Lipinski definition) is 2. The van der Waals surface area contributed by atoms with Crippen LogP contribution in [0.3, 0.4) is 0 Å². The summed E-state index contributed by atoms with van der Waals surface area (Å²) in [5, 5.41) is 2.69. The van der Waals surface area contributed by atoms with Gasteiger partial charge in [-0.25, -0.2) is 0 Å². The second-order valence-electron chi connectivity index (χ2n) is 4.21. The first kappa shape index (κ1) is 11.7. The highest BCUT2D eigenvalue weighted by Crippen LogP contribution is 2.17. The molecule has 1 aliphatic rings. The van der Waals surface area contributed by atoms with Crippen LogP contribution >= 0.6 is 0 Å². The number of hydrogen-bond donors (Lipinski definition) is 1. The summed E-state index contributed by atoms with van der Waals surface area (Å²) < 4.78 is 0. The monoisotopic (exact) mass is 228 g/mol. The van der Waals surface area contributed by atoms with E-state index in [1.165, 1.54) is 11.1 Å². The lowest BCUT2D eigenvalue weighted by Crippen LogP contribution is -2.39. The van der Waals surface area contributed by atoms with E-state index >= 15 is 0 Å². The molecule has 0 spiro atoms. The molecule has 0 saturated carbocycles. The average molecular weight is 228 g/mol. The highest BCUT2D eigenvalue weighted by atomic mass is 16.2. The Morgan fingerprint density at radius 2 is 2.18 bits per heavy atom. The number of nitrogens with one attached hydrogen (secondary N) is 1. The second kappa shape index (κ2) is 5.51. The molecule has 88 valence electrons. The number of carbonyl (C=O) groups excluding carboxylic acids is 1. The first-order valence-electron chi connectivity index (χ1n) is 5.79. The van der Waals surface area contributed by atoms with Gasteiger partial charge in [0.15, 0.2) is 0 Å². The molecular weight excluding hydrogens is 212 g/mol. The Labute approximate surface area is 102 Å². The van der Waals surface area contributed by atoms with Crippen molar-refractivity contribution in [3.05, 3.63) is 35.4 Å². The molecule has 3 heteroatoms. The van der Waals surface area contributed by atoms with E-state index in [1.54, 1.807) is 0 Å². The normalized spacial score (nSPS) is 14.8. The maximum absolute atomic E-state index is 11.5. The zero-order valence-electron chi connectivity index (χ0n) is 9.78. The third-order valence-corrected chi connectivity index (χ3v) is 2.96. The number of terminal acetylenes is 1. The average Bonchev–Trinajstić information content (AvgIpc) is 2.36. The summed E-state index contributed by atoms with van der Waals surface area (Å²) in [6.07, 6.45) is 6.11. The van der Waals surface area contributed by atoms with Crippen molar-refractivity contribution < 1.29 is 4.79 Å². The minimum absolute atomic E-state index is 0.00216. The van der Waals surface area contributed by atoms with Crippen LogP contribution in [0, 0.1) is 12.3 Å². The van der Waals surface area contributed by atoms with Gasteiger partial charge >= 0.3 is 0 Å². The lowest BCUT2D eigenvalue weighted by atomic mass is 10.00. The lowest BCUT2D eigenvalue weighted by Gasteiger charge is -2.27. The fourth-order valence-electron chi connectivity index (χ4n) is 2.10. The molecule has 0 fully saturated rings. The van der Waals surface area contributed by atoms with Crippen molar-refractivity contribution in [2.75, 3.05) is 19.6 Å². The van der Waals surface area contributed by atoms with Crippen molar-refractivity contribution in [1.29, 1.82) is 0 Å². The van der Waals surface area contributed by atoms with Crippen molar-refractivity contribution >= 4 is 5.91 Å². The minimum Gasteiger partial charge on any atom is -0.344 e. The Bertz CT molecular complexity index is 448. The van der Waals surface area contributed by atoms with Gasteiger partial charge in [0.1, 0.15) is 0 Å². The third kappa shape index (κ3) is 3.08. The summed E-state index contributed by atoms with van der Waals surface area (Å²) in [6, 6.07) is 8.39. The van der Waals surface area contributed by atoms with Gasteiger partial charge in [-0.15, -0.1) is 6.42 Å². The van der Waals surface area contributed by atoms with E-state index in [-0.39, 0.29) is 5.91 Å². The van der Waals surface area contributed by atoms with Gasteiger partial charge in [0.25, 0.3) is 0 Å². The third-order valence-electron chi connectivity index (χ3n) is 2.96. The predicted molar refractivity (Wildman–Crippen MR) is 67.3 cm³/mol. The van der Waals surface area contributed by atoms with Gasteiger partial charge < -0.3 is 5.32 Å². The van der Waals surface area contributed by atoms with Crippen LogP contribution in [0.25, 0.3) is 0 Å². The van der Waals surface area contributed by atoms with Crippen molar-refractivity contribution in [2.24, 2.45) is 0 Å². The molecule has 1 N–H and O–H groups in total. The Morgan fingerprint density at radius 3 is 2.94 bits per heavy atom. The molecule has 1 aliphatic heterocycles. The van der Waals surface area contributed by atoms with Gasteiger partial charge in [-0.2, -0.15) is 0 Å². The van der Waals surface area contributed by atoms with Gasteiger partial charge in [-0.05, 0) is 17.5 Å². The van der Waals surface area contributed by atoms with Crippen LogP contribution in [-0.2, 0) is 17.8 Å². The van der Waals surface area contributed by atoms with Crippen molar-refractivity contribution in [2.45, 2.75) is 13.0 Å². The highest BCUT2D eigenvalue weighted by Gasteiger charge is 2.17. The molecule has 2 rings (SSSR count). The summed E-state index contributed by atoms with van der Waals surface area (Å²) in [5.74, 6) is 2.40. The number of nitrogens with zero attached hydrogens (tertiary/aromatic N) is 1. The standard InChI is InChI=1S/C14H16N2O/c1-2-8-15-14(17)11-16-9-7-12-5-3-4-6-13(12)10-16/h1,3-6H,7-11H2,(H,15,17). The molecule has 0 aliphatic carbocycles. The molecule has 1 heterocycles. The fraction of sp³-hybridized carbons (Fsp3) is 0.357. The van der Waals surface area contributed by atoms with Crippen LogP contribution in [0.5, 0.6) is 0 Å². The van der Waals surface area contributed by atoms with Crippen molar-refractivity contribution in [3.8, 4) is 12.3 Å². The molecule has 0 radical (unpaired) electrons. The second-order valence-corrected chi connectivity index (χ2v) is 4.21. The summed E-state index contributed by atoms with van der Waals surface area (Å²) in [7, 11) is 0. The Morgan fingerprint density at radius 1 is 1.41 bits per heavy atom. The summed E-state index contributed by atoms with van der Waals surface area (Å²) in [6.45, 7) is 2.51. The summed E-state index contributed by atoms with van der Waals surface area (Å²) in [5.41, 5.74) is 2.72. The largest absolute Gasteiger partial charge is 0.344 e. The number of fused-ring (bicyclic) bond motifs is 1. The van der Waals surface area contributed by atoms with E-state index < -0.39 is 0 Å². The number of rotatable bonds is 3. The summed E-state index contributed by atoms with van der Waals surface area (Å²) in [4.78, 5) is 13.7. The van der Waals surface area contributed by atoms with E-state index in [0.29, 0.717) is 13.1 Å². The van der Waals surface area contributed by atoms with E-state index in [2.05, 4.69) is 34.3 Å². The predicted octanol–water partition coefficient (Wildman–Crippen LogP) is 0.794. The van der Waals surface area contributed by atoms with Gasteiger partial charge in [-0.1, -0.05) is 30.2 Å². The van der Waals surface area contributed by atoms with Crippen molar-refractivity contribution in [1.82, 2.24) is 10.2 Å². The van der Waals surface area contributed by atoms with Crippen LogP contribution < -0.4 is 5.32 Å². The van der Waals surface area contributed by atoms with Crippen LogP contribution in [-0.4, -0.2) is 30.4 Å². The SMILES string of the molecule is C#CCNC(=O)CN1CCc2ccccc2C1. The van der Waals surface area contributed by atoms with Crippen LogP contribution in [0.1, 0.15) is 11.1 Å². The topological polar surface area (TPSA) is 32.3 Å². The van der Waals surface area contributed by atoms with Gasteiger partial charge in [0, 0.05) is 13.1 Å². The lowest BCUT2D eigenvalue weighted by molar-refractivity contribution is -0.122. The van der Waals surface area contributed by atoms with E-state index in [0.717, 1.165) is 19.5 Å². The first-order valence-corrected chi connectivity index (χ1v) is 5.79. The minimum atomic E-state index is 0.00216. The molecule has 0 unspecified atom stereocenters. The maximum Gasteiger partial charge on any atom is 0.234 e. The maximum atomic E-state index is 11.5. The van der Waals surface area contributed by atoms with E-state index in [9.17, 15) is 4.79 Å². The van der Waals surface area contributed by atoms with Crippen LogP contribution in [0.2, 0.25) is 0 Å². The molecule has 0 aromatic heterocycles. The van der Waals surface area contributed by atoms with Gasteiger partial charge in [-0.3, -0.25) is 9.69 Å². The molecule has 1 aromatic rings. The zero-order chi connectivity index (χ0) is 12.1. The Balaban J connectivity index is 1.90. The fourth-order valence-corrected chi connectivity index (χ4v) is 2.10. The number of benzene rings is 1. The summed E-state index contributed by atoms with van der Waals surface area (Å²) >= 11 is 0.